The van der Waals surface area contributed by atoms with Gasteiger partial charge in [-0.15, -0.1) is 0 Å². The number of hydrogen-bond acceptors (Lipinski definition) is 3. The summed E-state index contributed by atoms with van der Waals surface area (Å²) in [5.74, 6) is 0.0745. The zero-order valence-corrected chi connectivity index (χ0v) is 7.05. The van der Waals surface area contributed by atoms with Gasteiger partial charge in [0, 0.05) is 26.1 Å². The molecule has 66 valence electrons. The molecule has 1 fully saturated rings. The van der Waals surface area contributed by atoms with Crippen molar-refractivity contribution in [3.63, 3.8) is 0 Å². The zero-order valence-electron chi connectivity index (χ0n) is 7.05. The van der Waals surface area contributed by atoms with Crippen molar-refractivity contribution in [2.45, 2.75) is 12.8 Å². The van der Waals surface area contributed by atoms with Crippen LogP contribution < -0.4 is 5.32 Å². The van der Waals surface area contributed by atoms with E-state index in [0.717, 1.165) is 19.5 Å². The van der Waals surface area contributed by atoms with E-state index < -0.39 is 0 Å². The Hall–Kier alpha value is -1.08. The summed E-state index contributed by atoms with van der Waals surface area (Å²) in [6.45, 7) is 2.84. The largest absolute Gasteiger partial charge is 0.355 e. The summed E-state index contributed by atoms with van der Waals surface area (Å²) in [5.41, 5.74) is 0. The first-order valence-electron chi connectivity index (χ1n) is 4.19. The van der Waals surface area contributed by atoms with Crippen LogP contribution in [0, 0.1) is 11.3 Å². The molecule has 0 spiro atoms. The molecule has 0 aromatic rings. The van der Waals surface area contributed by atoms with Gasteiger partial charge in [-0.05, 0) is 6.42 Å². The van der Waals surface area contributed by atoms with E-state index >= 15 is 0 Å². The number of nitrogens with one attached hydrogen (secondary N) is 1. The Balaban J connectivity index is 2.32. The number of carbonyl (C=O) groups is 1. The summed E-state index contributed by atoms with van der Waals surface area (Å²) in [5, 5.41) is 11.1. The van der Waals surface area contributed by atoms with Gasteiger partial charge in [0.15, 0.2) is 0 Å². The first-order chi connectivity index (χ1) is 5.83. The van der Waals surface area contributed by atoms with Gasteiger partial charge < -0.3 is 5.32 Å². The maximum absolute atomic E-state index is 11.0. The van der Waals surface area contributed by atoms with E-state index in [-0.39, 0.29) is 5.91 Å². The lowest BCUT2D eigenvalue weighted by molar-refractivity contribution is -0.121. The Bertz CT molecular complexity index is 197. The predicted molar refractivity (Wildman–Crippen MR) is 44.3 cm³/mol. The van der Waals surface area contributed by atoms with Crippen LogP contribution >= 0.6 is 0 Å². The third-order valence-electron chi connectivity index (χ3n) is 1.88. The maximum atomic E-state index is 11.0. The molecule has 1 heterocycles. The second kappa shape index (κ2) is 4.73. The van der Waals surface area contributed by atoms with Gasteiger partial charge in [0.25, 0.3) is 0 Å². The summed E-state index contributed by atoms with van der Waals surface area (Å²) < 4.78 is 0. The molecule has 4 nitrogen and oxygen atoms in total. The van der Waals surface area contributed by atoms with Crippen LogP contribution in [0.15, 0.2) is 0 Å². The van der Waals surface area contributed by atoms with Crippen LogP contribution in [-0.4, -0.2) is 37.0 Å². The SMILES string of the molecule is N#CCCN1CCCNC(=O)C1. The highest BCUT2D eigenvalue weighted by Crippen LogP contribution is 1.96. The standard InChI is InChI=1S/C8H13N3O/c9-3-1-5-11-6-2-4-10-8(12)7-11/h1-2,4-7H2,(H,10,12). The molecule has 0 aliphatic carbocycles. The van der Waals surface area contributed by atoms with Gasteiger partial charge in [-0.3, -0.25) is 9.69 Å². The third kappa shape index (κ3) is 2.89. The number of carbonyl (C=O) groups excluding carboxylic acids is 1. The topological polar surface area (TPSA) is 56.1 Å². The zero-order chi connectivity index (χ0) is 8.81. The highest BCUT2D eigenvalue weighted by atomic mass is 16.2. The number of nitrogens with zero attached hydrogens (tertiary/aromatic N) is 2. The smallest absolute Gasteiger partial charge is 0.234 e. The molecule has 1 N–H and O–H groups in total. The van der Waals surface area contributed by atoms with Gasteiger partial charge in [0.05, 0.1) is 12.6 Å². The first kappa shape index (κ1) is 9.01. The van der Waals surface area contributed by atoms with Crippen molar-refractivity contribution in [2.75, 3.05) is 26.2 Å². The van der Waals surface area contributed by atoms with Crippen LogP contribution in [0.3, 0.4) is 0 Å². The molecule has 1 aliphatic heterocycles. The minimum absolute atomic E-state index is 0.0745. The number of amides is 1. The second-order valence-electron chi connectivity index (χ2n) is 2.89. The van der Waals surface area contributed by atoms with E-state index in [4.69, 9.17) is 5.26 Å². The van der Waals surface area contributed by atoms with Crippen LogP contribution in [-0.2, 0) is 4.79 Å². The highest BCUT2D eigenvalue weighted by molar-refractivity contribution is 5.78. The lowest BCUT2D eigenvalue weighted by Gasteiger charge is -2.15. The molecule has 12 heavy (non-hydrogen) atoms. The van der Waals surface area contributed by atoms with E-state index in [0.29, 0.717) is 19.5 Å². The molecule has 1 amide bonds. The Morgan fingerprint density at radius 1 is 1.67 bits per heavy atom. The molecule has 0 radical (unpaired) electrons. The van der Waals surface area contributed by atoms with Crippen molar-refractivity contribution in [1.82, 2.24) is 10.2 Å². The summed E-state index contributed by atoms with van der Waals surface area (Å²) in [6, 6.07) is 2.08. The lowest BCUT2D eigenvalue weighted by Crippen LogP contribution is -2.33. The van der Waals surface area contributed by atoms with Crippen molar-refractivity contribution < 1.29 is 4.79 Å². The molecule has 0 aromatic carbocycles. The van der Waals surface area contributed by atoms with Gasteiger partial charge >= 0.3 is 0 Å². The minimum Gasteiger partial charge on any atom is -0.355 e. The van der Waals surface area contributed by atoms with E-state index in [1.807, 2.05) is 4.90 Å². The molecule has 1 rings (SSSR count). The van der Waals surface area contributed by atoms with Crippen LogP contribution in [0.25, 0.3) is 0 Å². The normalized spacial score (nSPS) is 19.4. The molecule has 4 heteroatoms. The Labute approximate surface area is 72.2 Å². The molecule has 1 saturated heterocycles. The summed E-state index contributed by atoms with van der Waals surface area (Å²) in [7, 11) is 0. The van der Waals surface area contributed by atoms with Crippen molar-refractivity contribution in [1.29, 1.82) is 5.26 Å². The average Bonchev–Trinajstić information content (AvgIpc) is 2.26. The van der Waals surface area contributed by atoms with E-state index in [1.165, 1.54) is 0 Å². The van der Waals surface area contributed by atoms with Gasteiger partial charge in [-0.25, -0.2) is 0 Å². The quantitative estimate of drug-likeness (QED) is 0.615. The van der Waals surface area contributed by atoms with Gasteiger partial charge in [-0.2, -0.15) is 5.26 Å². The fourth-order valence-electron chi connectivity index (χ4n) is 1.27. The first-order valence-corrected chi connectivity index (χ1v) is 4.19. The van der Waals surface area contributed by atoms with Crippen molar-refractivity contribution in [2.24, 2.45) is 0 Å². The molecule has 0 bridgehead atoms. The molecular formula is C8H13N3O. The molecule has 1 aliphatic rings. The number of nitriles is 1. The molecular weight excluding hydrogens is 154 g/mol. The lowest BCUT2D eigenvalue weighted by atomic mass is 10.3. The Morgan fingerprint density at radius 3 is 3.25 bits per heavy atom. The van der Waals surface area contributed by atoms with Crippen molar-refractivity contribution in [3.8, 4) is 6.07 Å². The summed E-state index contributed by atoms with van der Waals surface area (Å²) in [6.07, 6.45) is 1.49. The van der Waals surface area contributed by atoms with Crippen molar-refractivity contribution >= 4 is 5.91 Å². The monoisotopic (exact) mass is 167 g/mol. The average molecular weight is 167 g/mol. The Morgan fingerprint density at radius 2 is 2.50 bits per heavy atom. The van der Waals surface area contributed by atoms with Gasteiger partial charge in [-0.1, -0.05) is 0 Å². The third-order valence-corrected chi connectivity index (χ3v) is 1.88. The molecule has 0 saturated carbocycles. The van der Waals surface area contributed by atoms with E-state index in [9.17, 15) is 4.79 Å². The van der Waals surface area contributed by atoms with Crippen LogP contribution in [0.1, 0.15) is 12.8 Å². The Kier molecular flexibility index (Phi) is 3.55. The fraction of sp³-hybridized carbons (Fsp3) is 0.750. The maximum Gasteiger partial charge on any atom is 0.234 e. The van der Waals surface area contributed by atoms with Gasteiger partial charge in [0.2, 0.25) is 5.91 Å². The molecule has 0 atom stereocenters. The molecule has 0 unspecified atom stereocenters. The van der Waals surface area contributed by atoms with Crippen LogP contribution in [0.2, 0.25) is 0 Å². The van der Waals surface area contributed by atoms with E-state index in [1.54, 1.807) is 0 Å². The minimum atomic E-state index is 0.0745. The van der Waals surface area contributed by atoms with Crippen LogP contribution in [0.4, 0.5) is 0 Å². The predicted octanol–water partition coefficient (Wildman–Crippen LogP) is -0.278. The fourth-order valence-corrected chi connectivity index (χ4v) is 1.27. The van der Waals surface area contributed by atoms with Gasteiger partial charge in [0.1, 0.15) is 0 Å². The van der Waals surface area contributed by atoms with E-state index in [2.05, 4.69) is 11.4 Å². The van der Waals surface area contributed by atoms with Crippen LogP contribution in [0.5, 0.6) is 0 Å². The number of hydrogen-bond donors (Lipinski definition) is 1. The molecule has 0 aromatic heterocycles. The van der Waals surface area contributed by atoms with Crippen molar-refractivity contribution in [3.05, 3.63) is 0 Å². The summed E-state index contributed by atoms with van der Waals surface area (Å²) in [4.78, 5) is 13.0. The summed E-state index contributed by atoms with van der Waals surface area (Å²) >= 11 is 0. The highest BCUT2D eigenvalue weighted by Gasteiger charge is 2.13. The second-order valence-corrected chi connectivity index (χ2v) is 2.89. The number of rotatable bonds is 2.